The lowest BCUT2D eigenvalue weighted by molar-refractivity contribution is 0.487. The van der Waals surface area contributed by atoms with Crippen LogP contribution >= 0.6 is 0 Å². The number of para-hydroxylation sites is 1. The monoisotopic (exact) mass is 634 g/mol. The van der Waals surface area contributed by atoms with Crippen molar-refractivity contribution in [1.82, 2.24) is 0 Å². The average Bonchev–Trinajstić information content (AvgIpc) is 3.17. The van der Waals surface area contributed by atoms with E-state index in [9.17, 15) is 0 Å². The molecular formula is C48H26O2. The lowest BCUT2D eigenvalue weighted by Crippen LogP contribution is -1.98. The van der Waals surface area contributed by atoms with Crippen LogP contribution in [0, 0.1) is 0 Å². The van der Waals surface area contributed by atoms with E-state index in [4.69, 9.17) is 9.47 Å². The van der Waals surface area contributed by atoms with Crippen LogP contribution in [-0.4, -0.2) is 0 Å². The summed E-state index contributed by atoms with van der Waals surface area (Å²) in [6.07, 6.45) is 0. The molecule has 0 atom stereocenters. The molecule has 0 aliphatic carbocycles. The Bertz CT molecular complexity index is 3090. The molecule has 0 bridgehead atoms. The van der Waals surface area contributed by atoms with Crippen molar-refractivity contribution in [2.24, 2.45) is 0 Å². The van der Waals surface area contributed by atoms with Gasteiger partial charge in [0.25, 0.3) is 0 Å². The van der Waals surface area contributed by atoms with Crippen LogP contribution < -0.4 is 9.47 Å². The molecule has 0 radical (unpaired) electrons. The van der Waals surface area contributed by atoms with Crippen molar-refractivity contribution < 1.29 is 9.47 Å². The van der Waals surface area contributed by atoms with Gasteiger partial charge in [-0.2, -0.15) is 0 Å². The molecule has 2 aliphatic rings. The fourth-order valence-corrected chi connectivity index (χ4v) is 8.83. The van der Waals surface area contributed by atoms with Crippen molar-refractivity contribution >= 4 is 53.9 Å². The summed E-state index contributed by atoms with van der Waals surface area (Å²) >= 11 is 0. The lowest BCUT2D eigenvalue weighted by atomic mass is 9.85. The zero-order valence-electron chi connectivity index (χ0n) is 26.8. The number of hydrogen-bond donors (Lipinski definition) is 0. The molecule has 2 heteroatoms. The molecule has 2 heterocycles. The number of ether oxygens (including phenoxy) is 2. The summed E-state index contributed by atoms with van der Waals surface area (Å²) in [4.78, 5) is 0. The van der Waals surface area contributed by atoms with Crippen LogP contribution in [0.15, 0.2) is 158 Å². The highest BCUT2D eigenvalue weighted by Gasteiger charge is 2.24. The molecule has 0 aromatic heterocycles. The van der Waals surface area contributed by atoms with Crippen LogP contribution in [0.25, 0.3) is 98.4 Å². The Labute approximate surface area is 287 Å². The van der Waals surface area contributed by atoms with Crippen LogP contribution in [0.2, 0.25) is 0 Å². The van der Waals surface area contributed by atoms with Gasteiger partial charge >= 0.3 is 0 Å². The summed E-state index contributed by atoms with van der Waals surface area (Å²) in [5, 5.41) is 12.4. The number of hydrogen-bond acceptors (Lipinski definition) is 2. The second kappa shape index (κ2) is 9.49. The van der Waals surface area contributed by atoms with E-state index >= 15 is 0 Å². The fourth-order valence-electron chi connectivity index (χ4n) is 8.83. The second-order valence-electron chi connectivity index (χ2n) is 13.6. The molecule has 230 valence electrons. The normalized spacial score (nSPS) is 12.7. The van der Waals surface area contributed by atoms with Gasteiger partial charge in [-0.25, -0.2) is 0 Å². The Morgan fingerprint density at radius 1 is 0.260 bits per heavy atom. The topological polar surface area (TPSA) is 18.5 Å². The Balaban J connectivity index is 1.06. The van der Waals surface area contributed by atoms with Gasteiger partial charge in [-0.1, -0.05) is 127 Å². The molecule has 50 heavy (non-hydrogen) atoms. The summed E-state index contributed by atoms with van der Waals surface area (Å²) in [6.45, 7) is 0. The lowest BCUT2D eigenvalue weighted by Gasteiger charge is -2.23. The third-order valence-electron chi connectivity index (χ3n) is 11.0. The van der Waals surface area contributed by atoms with E-state index < -0.39 is 0 Å². The van der Waals surface area contributed by atoms with Crippen LogP contribution in [0.3, 0.4) is 0 Å². The zero-order chi connectivity index (χ0) is 32.5. The van der Waals surface area contributed by atoms with Gasteiger partial charge in [-0.15, -0.1) is 0 Å². The Kier molecular flexibility index (Phi) is 5.00. The van der Waals surface area contributed by atoms with Crippen LogP contribution in [0.5, 0.6) is 23.0 Å². The highest BCUT2D eigenvalue weighted by atomic mass is 16.5. The average molecular weight is 635 g/mol. The highest BCUT2D eigenvalue weighted by molar-refractivity contribution is 6.28. The van der Waals surface area contributed by atoms with Crippen molar-refractivity contribution in [2.45, 2.75) is 0 Å². The number of benzene rings is 10. The molecular weight excluding hydrogens is 609 g/mol. The minimum absolute atomic E-state index is 0.899. The largest absolute Gasteiger partial charge is 0.456 e. The maximum absolute atomic E-state index is 6.58. The van der Waals surface area contributed by atoms with Crippen LogP contribution in [0.4, 0.5) is 0 Å². The van der Waals surface area contributed by atoms with E-state index in [1.807, 2.05) is 6.07 Å². The predicted octanol–water partition coefficient (Wildman–Crippen LogP) is 13.8. The summed E-state index contributed by atoms with van der Waals surface area (Å²) in [5.41, 5.74) is 9.52. The Morgan fingerprint density at radius 3 is 1.62 bits per heavy atom. The third-order valence-corrected chi connectivity index (χ3v) is 11.0. The fraction of sp³-hybridized carbons (Fsp3) is 0. The molecule has 2 nitrogen and oxygen atoms in total. The molecule has 10 aromatic rings. The van der Waals surface area contributed by atoms with E-state index in [-0.39, 0.29) is 0 Å². The minimum atomic E-state index is 0.899. The third kappa shape index (κ3) is 3.42. The molecule has 12 rings (SSSR count). The van der Waals surface area contributed by atoms with Gasteiger partial charge in [0.1, 0.15) is 23.0 Å². The maximum Gasteiger partial charge on any atom is 0.135 e. The smallest absolute Gasteiger partial charge is 0.135 e. The minimum Gasteiger partial charge on any atom is -0.456 e. The first-order valence-corrected chi connectivity index (χ1v) is 17.2. The van der Waals surface area contributed by atoms with Gasteiger partial charge < -0.3 is 9.47 Å². The number of rotatable bonds is 2. The van der Waals surface area contributed by atoms with Gasteiger partial charge in [-0.3, -0.25) is 0 Å². The molecule has 0 fully saturated rings. The molecule has 10 aromatic carbocycles. The summed E-state index contributed by atoms with van der Waals surface area (Å²) < 4.78 is 13.0. The molecule has 0 N–H and O–H groups in total. The SMILES string of the molecule is c1ccc2c(c1)Oc1ccc(-c3ccc4ccc5c(-c6ccc7c(c6)Oc6cccc8cccc-7c68)ccc6ccc3c4c65)c3cccc-2c13. The number of fused-ring (bicyclic) bond motifs is 4. The van der Waals surface area contributed by atoms with E-state index in [1.165, 1.54) is 81.7 Å². The van der Waals surface area contributed by atoms with E-state index in [0.29, 0.717) is 0 Å². The highest BCUT2D eigenvalue weighted by Crippen LogP contribution is 2.51. The molecule has 0 unspecified atom stereocenters. The van der Waals surface area contributed by atoms with Crippen molar-refractivity contribution in [2.75, 3.05) is 0 Å². The van der Waals surface area contributed by atoms with Crippen LogP contribution in [-0.2, 0) is 0 Å². The van der Waals surface area contributed by atoms with Crippen molar-refractivity contribution in [1.29, 1.82) is 0 Å². The van der Waals surface area contributed by atoms with Gasteiger partial charge in [0, 0.05) is 21.9 Å². The first-order chi connectivity index (χ1) is 24.8. The predicted molar refractivity (Wildman–Crippen MR) is 207 cm³/mol. The summed E-state index contributed by atoms with van der Waals surface area (Å²) in [5.74, 6) is 3.64. The maximum atomic E-state index is 6.58. The van der Waals surface area contributed by atoms with E-state index in [2.05, 4.69) is 152 Å². The molecule has 0 saturated carbocycles. The summed E-state index contributed by atoms with van der Waals surface area (Å²) in [6, 6.07) is 57.1. The molecule has 0 amide bonds. The zero-order valence-corrected chi connectivity index (χ0v) is 26.8. The summed E-state index contributed by atoms with van der Waals surface area (Å²) in [7, 11) is 0. The molecule has 0 saturated heterocycles. The van der Waals surface area contributed by atoms with Gasteiger partial charge in [0.15, 0.2) is 0 Å². The first-order valence-electron chi connectivity index (χ1n) is 17.2. The van der Waals surface area contributed by atoms with E-state index in [0.717, 1.165) is 39.7 Å². The van der Waals surface area contributed by atoms with Crippen molar-refractivity contribution in [3.05, 3.63) is 158 Å². The van der Waals surface area contributed by atoms with E-state index in [1.54, 1.807) is 0 Å². The quantitative estimate of drug-likeness (QED) is 0.176. The molecule has 0 spiro atoms. The van der Waals surface area contributed by atoms with Gasteiger partial charge in [0.2, 0.25) is 0 Å². The Hall–Kier alpha value is -6.64. The first kappa shape index (κ1) is 26.3. The molecule has 2 aliphatic heterocycles. The van der Waals surface area contributed by atoms with Crippen molar-refractivity contribution in [3.8, 4) is 67.5 Å². The Morgan fingerprint density at radius 2 is 0.780 bits per heavy atom. The second-order valence-corrected chi connectivity index (χ2v) is 13.6. The van der Waals surface area contributed by atoms with Gasteiger partial charge in [0.05, 0.1) is 0 Å². The van der Waals surface area contributed by atoms with Crippen molar-refractivity contribution in [3.63, 3.8) is 0 Å². The van der Waals surface area contributed by atoms with Gasteiger partial charge in [-0.05, 0) is 107 Å². The standard InChI is InChI=1S/C48H26O2/c1-2-12-41-34(8-1)38-11-5-10-36-33(24-25-43(49-41)48(36)38)32-20-15-29-16-22-39-31(19-14-28-17-23-40(32)47(29)46(28)39)30-18-21-35-37-9-3-6-27-7-4-13-42(45(27)37)50-44(35)26-30/h1-26H. The van der Waals surface area contributed by atoms with Crippen LogP contribution in [0.1, 0.15) is 0 Å².